The number of amides is 1. The number of rotatable bonds is 7. The van der Waals surface area contributed by atoms with Gasteiger partial charge >= 0.3 is 0 Å². The highest BCUT2D eigenvalue weighted by Gasteiger charge is 2.30. The fourth-order valence-corrected chi connectivity index (χ4v) is 3.34. The second kappa shape index (κ2) is 8.27. The molecule has 0 spiro atoms. The van der Waals surface area contributed by atoms with E-state index in [0.29, 0.717) is 24.0 Å². The molecule has 1 aliphatic heterocycles. The largest absolute Gasteiger partial charge is 0.335 e. The monoisotopic (exact) mass is 343 g/mol. The van der Waals surface area contributed by atoms with Crippen LogP contribution < -0.4 is 5.32 Å². The molecule has 0 aliphatic carbocycles. The number of pyridine rings is 1. The first-order valence-corrected chi connectivity index (χ1v) is 8.75. The molecule has 3 rings (SSSR count). The van der Waals surface area contributed by atoms with Crippen LogP contribution in [-0.2, 0) is 17.9 Å². The summed E-state index contributed by atoms with van der Waals surface area (Å²) in [7, 11) is 0. The molecular formula is C19H22ClN3O. The van der Waals surface area contributed by atoms with Crippen molar-refractivity contribution in [3.8, 4) is 0 Å². The van der Waals surface area contributed by atoms with Crippen molar-refractivity contribution in [2.75, 3.05) is 6.54 Å². The summed E-state index contributed by atoms with van der Waals surface area (Å²) in [4.78, 5) is 18.5. The lowest BCUT2D eigenvalue weighted by Crippen LogP contribution is -2.34. The number of aromatic nitrogens is 1. The van der Waals surface area contributed by atoms with E-state index in [-0.39, 0.29) is 5.91 Å². The van der Waals surface area contributed by atoms with Crippen LogP contribution in [0.3, 0.4) is 0 Å². The lowest BCUT2D eigenvalue weighted by atomic mass is 10.1. The first-order chi connectivity index (χ1) is 11.7. The Bertz CT molecular complexity index is 677. The van der Waals surface area contributed by atoms with E-state index in [1.165, 1.54) is 0 Å². The second-order valence-electron chi connectivity index (χ2n) is 6.13. The first kappa shape index (κ1) is 16.9. The van der Waals surface area contributed by atoms with E-state index >= 15 is 0 Å². The van der Waals surface area contributed by atoms with Crippen LogP contribution in [0.15, 0.2) is 48.7 Å². The quantitative estimate of drug-likeness (QED) is 0.784. The minimum atomic E-state index is 0.240. The van der Waals surface area contributed by atoms with Gasteiger partial charge in [0.05, 0.1) is 5.69 Å². The number of carbonyl (C=O) groups excluding carboxylic acids is 1. The summed E-state index contributed by atoms with van der Waals surface area (Å²) in [6, 6.07) is 14.0. The topological polar surface area (TPSA) is 45.2 Å². The van der Waals surface area contributed by atoms with Gasteiger partial charge in [0, 0.05) is 36.8 Å². The van der Waals surface area contributed by atoms with Gasteiger partial charge in [0.25, 0.3) is 0 Å². The standard InChI is InChI=1S/C19H22ClN3O/c20-16-5-3-4-15(12-16)14-23-18(7-8-19(23)24)9-11-21-13-17-6-1-2-10-22-17/h1-6,10,12,18,21H,7-9,11,13-14H2/t18-/m1/s1. The Labute approximate surface area is 147 Å². The molecule has 1 aromatic carbocycles. The van der Waals surface area contributed by atoms with Crippen molar-refractivity contribution < 1.29 is 4.79 Å². The molecule has 1 N–H and O–H groups in total. The van der Waals surface area contributed by atoms with Gasteiger partial charge in [0.15, 0.2) is 0 Å². The first-order valence-electron chi connectivity index (χ1n) is 8.37. The maximum absolute atomic E-state index is 12.2. The van der Waals surface area contributed by atoms with Crippen LogP contribution in [-0.4, -0.2) is 28.4 Å². The van der Waals surface area contributed by atoms with Crippen molar-refractivity contribution in [2.45, 2.75) is 38.4 Å². The molecule has 1 aliphatic rings. The maximum Gasteiger partial charge on any atom is 0.223 e. The third-order valence-electron chi connectivity index (χ3n) is 4.38. The highest BCUT2D eigenvalue weighted by molar-refractivity contribution is 6.30. The molecule has 5 heteroatoms. The minimum absolute atomic E-state index is 0.240. The number of hydrogen-bond acceptors (Lipinski definition) is 3. The molecule has 0 radical (unpaired) electrons. The van der Waals surface area contributed by atoms with E-state index in [1.54, 1.807) is 6.20 Å². The fourth-order valence-electron chi connectivity index (χ4n) is 3.13. The minimum Gasteiger partial charge on any atom is -0.335 e. The fraction of sp³-hybridized carbons (Fsp3) is 0.368. The lowest BCUT2D eigenvalue weighted by molar-refractivity contribution is -0.129. The average molecular weight is 344 g/mol. The molecule has 126 valence electrons. The summed E-state index contributed by atoms with van der Waals surface area (Å²) in [5.74, 6) is 0.240. The number of nitrogens with one attached hydrogen (secondary N) is 1. The van der Waals surface area contributed by atoms with Gasteiger partial charge < -0.3 is 10.2 Å². The predicted octanol–water partition coefficient (Wildman–Crippen LogP) is 3.41. The smallest absolute Gasteiger partial charge is 0.223 e. The molecule has 24 heavy (non-hydrogen) atoms. The van der Waals surface area contributed by atoms with E-state index in [4.69, 9.17) is 11.6 Å². The highest BCUT2D eigenvalue weighted by Crippen LogP contribution is 2.24. The number of nitrogens with zero attached hydrogens (tertiary/aromatic N) is 2. The molecule has 0 unspecified atom stereocenters. The summed E-state index contributed by atoms with van der Waals surface area (Å²) >= 11 is 6.04. The van der Waals surface area contributed by atoms with E-state index in [2.05, 4.69) is 10.3 Å². The van der Waals surface area contributed by atoms with Gasteiger partial charge in [-0.05, 0) is 49.2 Å². The summed E-state index contributed by atoms with van der Waals surface area (Å²) < 4.78 is 0. The molecule has 2 heterocycles. The van der Waals surface area contributed by atoms with Crippen molar-refractivity contribution in [1.29, 1.82) is 0 Å². The molecule has 1 amide bonds. The zero-order chi connectivity index (χ0) is 16.8. The van der Waals surface area contributed by atoms with E-state index < -0.39 is 0 Å². The maximum atomic E-state index is 12.2. The van der Waals surface area contributed by atoms with Gasteiger partial charge in [-0.1, -0.05) is 29.8 Å². The van der Waals surface area contributed by atoms with Crippen LogP contribution in [0.5, 0.6) is 0 Å². The Morgan fingerprint density at radius 3 is 2.96 bits per heavy atom. The van der Waals surface area contributed by atoms with Crippen LogP contribution in [0.2, 0.25) is 5.02 Å². The third-order valence-corrected chi connectivity index (χ3v) is 4.62. The van der Waals surface area contributed by atoms with Crippen molar-refractivity contribution in [2.24, 2.45) is 0 Å². The molecule has 0 bridgehead atoms. The van der Waals surface area contributed by atoms with Gasteiger partial charge in [0.1, 0.15) is 0 Å². The Hall–Kier alpha value is -1.91. The molecule has 0 saturated carbocycles. The van der Waals surface area contributed by atoms with Crippen molar-refractivity contribution >= 4 is 17.5 Å². The number of hydrogen-bond donors (Lipinski definition) is 1. The summed E-state index contributed by atoms with van der Waals surface area (Å²) in [5, 5.41) is 4.13. The number of likely N-dealkylation sites (tertiary alicyclic amines) is 1. The van der Waals surface area contributed by atoms with Crippen molar-refractivity contribution in [3.05, 3.63) is 64.9 Å². The van der Waals surface area contributed by atoms with Gasteiger partial charge in [-0.25, -0.2) is 0 Å². The number of halogens is 1. The molecule has 1 saturated heterocycles. The lowest BCUT2D eigenvalue weighted by Gasteiger charge is -2.25. The molecule has 1 aromatic heterocycles. The van der Waals surface area contributed by atoms with Crippen LogP contribution in [0.1, 0.15) is 30.5 Å². The predicted molar refractivity (Wildman–Crippen MR) is 95.6 cm³/mol. The summed E-state index contributed by atoms with van der Waals surface area (Å²) in [5.41, 5.74) is 2.12. The van der Waals surface area contributed by atoms with Gasteiger partial charge in [0.2, 0.25) is 5.91 Å². The van der Waals surface area contributed by atoms with Gasteiger partial charge in [-0.15, -0.1) is 0 Å². The molecule has 4 nitrogen and oxygen atoms in total. The van der Waals surface area contributed by atoms with Crippen molar-refractivity contribution in [3.63, 3.8) is 0 Å². The van der Waals surface area contributed by atoms with Crippen LogP contribution in [0.25, 0.3) is 0 Å². The van der Waals surface area contributed by atoms with Crippen LogP contribution >= 0.6 is 11.6 Å². The SMILES string of the molecule is O=C1CC[C@H](CCNCc2ccccn2)N1Cc1cccc(Cl)c1. The van der Waals surface area contributed by atoms with E-state index in [9.17, 15) is 4.79 Å². The van der Waals surface area contributed by atoms with E-state index in [1.807, 2.05) is 47.4 Å². The van der Waals surface area contributed by atoms with Gasteiger partial charge in [-0.2, -0.15) is 0 Å². The molecule has 1 atom stereocenters. The molecule has 1 fully saturated rings. The van der Waals surface area contributed by atoms with Crippen LogP contribution in [0, 0.1) is 0 Å². The van der Waals surface area contributed by atoms with Gasteiger partial charge in [-0.3, -0.25) is 9.78 Å². The average Bonchev–Trinajstić information content (AvgIpc) is 2.93. The Balaban J connectivity index is 1.50. The zero-order valence-electron chi connectivity index (χ0n) is 13.6. The molecule has 2 aromatic rings. The Morgan fingerprint density at radius 2 is 2.17 bits per heavy atom. The summed E-state index contributed by atoms with van der Waals surface area (Å²) in [6.45, 7) is 2.28. The number of carbonyl (C=O) groups is 1. The third kappa shape index (κ3) is 4.56. The zero-order valence-corrected chi connectivity index (χ0v) is 14.4. The Morgan fingerprint density at radius 1 is 1.25 bits per heavy atom. The Kier molecular flexibility index (Phi) is 5.83. The van der Waals surface area contributed by atoms with Crippen molar-refractivity contribution in [1.82, 2.24) is 15.2 Å². The molecular weight excluding hydrogens is 322 g/mol. The van der Waals surface area contributed by atoms with Crippen LogP contribution in [0.4, 0.5) is 0 Å². The second-order valence-corrected chi connectivity index (χ2v) is 6.57. The normalized spacial score (nSPS) is 17.5. The summed E-state index contributed by atoms with van der Waals surface area (Å²) in [6.07, 6.45) is 4.34. The number of benzene rings is 1. The highest BCUT2D eigenvalue weighted by atomic mass is 35.5. The van der Waals surface area contributed by atoms with E-state index in [0.717, 1.165) is 37.2 Å².